The fraction of sp³-hybridized carbons (Fsp3) is 0.500. The van der Waals surface area contributed by atoms with Crippen LogP contribution in [0.5, 0.6) is 0 Å². The second-order valence-corrected chi connectivity index (χ2v) is 4.22. The number of hydrogen-bond donors (Lipinski definition) is 2. The number of ether oxygens (including phenoxy) is 2. The van der Waals surface area contributed by atoms with E-state index >= 15 is 0 Å². The molecule has 106 valence electrons. The van der Waals surface area contributed by atoms with Gasteiger partial charge in [-0.2, -0.15) is 0 Å². The summed E-state index contributed by atoms with van der Waals surface area (Å²) >= 11 is 0. The molecule has 3 N–H and O–H groups in total. The molecule has 0 aromatic heterocycles. The van der Waals surface area contributed by atoms with Gasteiger partial charge in [-0.25, -0.2) is 5.84 Å². The van der Waals surface area contributed by atoms with Gasteiger partial charge in [0.1, 0.15) is 0 Å². The first-order chi connectivity index (χ1) is 9.19. The molecular weight excluding hydrogens is 244 g/mol. The van der Waals surface area contributed by atoms with Crippen LogP contribution in [0, 0.1) is 0 Å². The Hall–Kier alpha value is -1.43. The van der Waals surface area contributed by atoms with Crippen LogP contribution in [-0.4, -0.2) is 25.7 Å². The van der Waals surface area contributed by atoms with Crippen LogP contribution in [0.3, 0.4) is 0 Å². The summed E-state index contributed by atoms with van der Waals surface area (Å²) in [6.45, 7) is 6.22. The fourth-order valence-corrected chi connectivity index (χ4v) is 1.63. The second kappa shape index (κ2) is 8.63. The molecule has 0 radical (unpaired) electrons. The van der Waals surface area contributed by atoms with E-state index in [-0.39, 0.29) is 11.8 Å². The van der Waals surface area contributed by atoms with Crippen molar-refractivity contribution in [2.75, 3.05) is 19.8 Å². The highest BCUT2D eigenvalue weighted by Gasteiger charge is 2.13. The Balaban J connectivity index is 2.41. The Morgan fingerprint density at radius 1 is 1.26 bits per heavy atom. The minimum Gasteiger partial charge on any atom is -0.379 e. The molecule has 5 nitrogen and oxygen atoms in total. The molecule has 0 saturated carbocycles. The standard InChI is InChI=1S/C14H22N2O3/c1-3-18-8-9-19-10-12-4-6-13(7-5-12)11(2)14(17)16-15/h4-7,11H,3,8-10,15H2,1-2H3,(H,16,17). The summed E-state index contributed by atoms with van der Waals surface area (Å²) < 4.78 is 10.6. The number of carbonyl (C=O) groups excluding carboxylic acids is 1. The number of nitrogens with one attached hydrogen (secondary N) is 1. The first-order valence-corrected chi connectivity index (χ1v) is 6.43. The maximum absolute atomic E-state index is 11.4. The molecular formula is C14H22N2O3. The van der Waals surface area contributed by atoms with Gasteiger partial charge >= 0.3 is 0 Å². The van der Waals surface area contributed by atoms with Crippen LogP contribution >= 0.6 is 0 Å². The Labute approximate surface area is 114 Å². The number of carbonyl (C=O) groups is 1. The van der Waals surface area contributed by atoms with Gasteiger partial charge in [0.05, 0.1) is 25.7 Å². The molecule has 0 aliphatic carbocycles. The van der Waals surface area contributed by atoms with E-state index in [2.05, 4.69) is 5.43 Å². The van der Waals surface area contributed by atoms with Crippen molar-refractivity contribution in [3.05, 3.63) is 35.4 Å². The highest BCUT2D eigenvalue weighted by Crippen LogP contribution is 2.16. The summed E-state index contributed by atoms with van der Waals surface area (Å²) in [6.07, 6.45) is 0. The molecule has 0 fully saturated rings. The summed E-state index contributed by atoms with van der Waals surface area (Å²) in [4.78, 5) is 11.4. The van der Waals surface area contributed by atoms with E-state index in [0.29, 0.717) is 26.4 Å². The molecule has 1 aromatic carbocycles. The molecule has 0 heterocycles. The number of nitrogens with two attached hydrogens (primary N) is 1. The van der Waals surface area contributed by atoms with Crippen molar-refractivity contribution in [1.82, 2.24) is 5.43 Å². The Morgan fingerprint density at radius 3 is 2.47 bits per heavy atom. The average molecular weight is 266 g/mol. The molecule has 0 aliphatic heterocycles. The molecule has 0 bridgehead atoms. The fourth-order valence-electron chi connectivity index (χ4n) is 1.63. The molecule has 5 heteroatoms. The first-order valence-electron chi connectivity index (χ1n) is 6.43. The SMILES string of the molecule is CCOCCOCc1ccc(C(C)C(=O)NN)cc1. The van der Waals surface area contributed by atoms with Crippen molar-refractivity contribution < 1.29 is 14.3 Å². The highest BCUT2D eigenvalue weighted by molar-refractivity contribution is 5.82. The van der Waals surface area contributed by atoms with Crippen molar-refractivity contribution in [3.63, 3.8) is 0 Å². The van der Waals surface area contributed by atoms with Gasteiger partial charge in [-0.15, -0.1) is 0 Å². The van der Waals surface area contributed by atoms with Crippen molar-refractivity contribution in [2.24, 2.45) is 5.84 Å². The zero-order valence-electron chi connectivity index (χ0n) is 11.5. The molecule has 19 heavy (non-hydrogen) atoms. The molecule has 1 amide bonds. The first kappa shape index (κ1) is 15.6. The third kappa shape index (κ3) is 5.38. The van der Waals surface area contributed by atoms with Gasteiger partial charge in [-0.05, 0) is 25.0 Å². The van der Waals surface area contributed by atoms with Crippen LogP contribution in [0.15, 0.2) is 24.3 Å². The van der Waals surface area contributed by atoms with Crippen LogP contribution in [0.1, 0.15) is 30.9 Å². The summed E-state index contributed by atoms with van der Waals surface area (Å²) in [7, 11) is 0. The average Bonchev–Trinajstić information content (AvgIpc) is 2.46. The summed E-state index contributed by atoms with van der Waals surface area (Å²) in [5.74, 6) is 4.67. The molecule has 1 atom stereocenters. The minimum atomic E-state index is -0.252. The lowest BCUT2D eigenvalue weighted by atomic mass is 9.99. The molecule has 1 unspecified atom stereocenters. The monoisotopic (exact) mass is 266 g/mol. The van der Waals surface area contributed by atoms with E-state index in [1.807, 2.05) is 38.1 Å². The number of benzene rings is 1. The van der Waals surface area contributed by atoms with Crippen molar-refractivity contribution in [3.8, 4) is 0 Å². The summed E-state index contributed by atoms with van der Waals surface area (Å²) in [6, 6.07) is 7.74. The van der Waals surface area contributed by atoms with Crippen LogP contribution in [0.2, 0.25) is 0 Å². The van der Waals surface area contributed by atoms with Gasteiger partial charge in [-0.3, -0.25) is 10.2 Å². The van der Waals surface area contributed by atoms with Crippen LogP contribution < -0.4 is 11.3 Å². The zero-order valence-corrected chi connectivity index (χ0v) is 11.5. The van der Waals surface area contributed by atoms with Gasteiger partial charge in [-0.1, -0.05) is 24.3 Å². The Bertz CT molecular complexity index is 379. The van der Waals surface area contributed by atoms with E-state index in [1.54, 1.807) is 0 Å². The van der Waals surface area contributed by atoms with Crippen LogP contribution in [0.4, 0.5) is 0 Å². The summed E-state index contributed by atoms with van der Waals surface area (Å²) in [5.41, 5.74) is 4.16. The summed E-state index contributed by atoms with van der Waals surface area (Å²) in [5, 5.41) is 0. The van der Waals surface area contributed by atoms with Crippen molar-refractivity contribution in [1.29, 1.82) is 0 Å². The molecule has 1 rings (SSSR count). The lowest BCUT2D eigenvalue weighted by molar-refractivity contribution is -0.122. The molecule has 1 aromatic rings. The Kier molecular flexibility index (Phi) is 7.10. The van der Waals surface area contributed by atoms with E-state index < -0.39 is 0 Å². The predicted molar refractivity (Wildman–Crippen MR) is 73.3 cm³/mol. The molecule has 0 spiro atoms. The zero-order chi connectivity index (χ0) is 14.1. The molecule has 0 saturated heterocycles. The van der Waals surface area contributed by atoms with Gasteiger partial charge in [0.2, 0.25) is 5.91 Å². The van der Waals surface area contributed by atoms with Crippen molar-refractivity contribution in [2.45, 2.75) is 26.4 Å². The van der Waals surface area contributed by atoms with E-state index in [1.165, 1.54) is 0 Å². The van der Waals surface area contributed by atoms with Gasteiger partial charge in [0, 0.05) is 6.61 Å². The molecule has 0 aliphatic rings. The lowest BCUT2D eigenvalue weighted by Gasteiger charge is -2.11. The quantitative estimate of drug-likeness (QED) is 0.322. The lowest BCUT2D eigenvalue weighted by Crippen LogP contribution is -2.33. The van der Waals surface area contributed by atoms with E-state index in [4.69, 9.17) is 15.3 Å². The van der Waals surface area contributed by atoms with Crippen LogP contribution in [0.25, 0.3) is 0 Å². The highest BCUT2D eigenvalue weighted by atomic mass is 16.5. The number of hydrazine groups is 1. The topological polar surface area (TPSA) is 73.6 Å². The maximum atomic E-state index is 11.4. The van der Waals surface area contributed by atoms with E-state index in [9.17, 15) is 4.79 Å². The number of hydrogen-bond acceptors (Lipinski definition) is 4. The van der Waals surface area contributed by atoms with Gasteiger partial charge in [0.15, 0.2) is 0 Å². The third-order valence-electron chi connectivity index (χ3n) is 2.86. The smallest absolute Gasteiger partial charge is 0.241 e. The van der Waals surface area contributed by atoms with Crippen LogP contribution in [-0.2, 0) is 20.9 Å². The minimum absolute atomic E-state index is 0.194. The normalized spacial score (nSPS) is 12.2. The van der Waals surface area contributed by atoms with Crippen molar-refractivity contribution >= 4 is 5.91 Å². The third-order valence-corrected chi connectivity index (χ3v) is 2.86. The van der Waals surface area contributed by atoms with E-state index in [0.717, 1.165) is 11.1 Å². The predicted octanol–water partition coefficient (Wildman–Crippen LogP) is 1.33. The Morgan fingerprint density at radius 2 is 1.89 bits per heavy atom. The number of amides is 1. The maximum Gasteiger partial charge on any atom is 0.241 e. The second-order valence-electron chi connectivity index (χ2n) is 4.22. The van der Waals surface area contributed by atoms with Gasteiger partial charge in [0.25, 0.3) is 0 Å². The number of rotatable bonds is 8. The largest absolute Gasteiger partial charge is 0.379 e. The van der Waals surface area contributed by atoms with Gasteiger partial charge < -0.3 is 9.47 Å².